The van der Waals surface area contributed by atoms with E-state index in [0.29, 0.717) is 5.92 Å². The SMILES string of the molecule is COCC(=O)N(C[C@@H](F)CN)[C@@H](c1nc(-c2ccccc2)cn1CC1CCOCC1)C(C)(C)C. The molecule has 0 unspecified atom stereocenters. The summed E-state index contributed by atoms with van der Waals surface area (Å²) in [5, 5.41) is 0. The van der Waals surface area contributed by atoms with Crippen LogP contribution in [0.25, 0.3) is 11.3 Å². The molecule has 1 amide bonds. The highest BCUT2D eigenvalue weighted by molar-refractivity contribution is 5.78. The van der Waals surface area contributed by atoms with E-state index >= 15 is 0 Å². The summed E-state index contributed by atoms with van der Waals surface area (Å²) >= 11 is 0. The van der Waals surface area contributed by atoms with Gasteiger partial charge in [-0.15, -0.1) is 0 Å². The second-order valence-electron chi connectivity index (χ2n) is 10.1. The van der Waals surface area contributed by atoms with Crippen molar-refractivity contribution < 1.29 is 18.7 Å². The topological polar surface area (TPSA) is 82.6 Å². The molecule has 0 radical (unpaired) electrons. The Morgan fingerprint density at radius 2 is 1.97 bits per heavy atom. The number of methoxy groups -OCH3 is 1. The van der Waals surface area contributed by atoms with Crippen LogP contribution in [0, 0.1) is 11.3 Å². The minimum atomic E-state index is -1.34. The summed E-state index contributed by atoms with van der Waals surface area (Å²) in [7, 11) is 1.47. The lowest BCUT2D eigenvalue weighted by Crippen LogP contribution is -2.47. The molecule has 0 aliphatic carbocycles. The number of benzene rings is 1. The molecule has 2 atom stereocenters. The third-order valence-electron chi connectivity index (χ3n) is 6.29. The Balaban J connectivity index is 2.10. The number of aromatic nitrogens is 2. The molecule has 1 saturated heterocycles. The van der Waals surface area contributed by atoms with Crippen molar-refractivity contribution in [3.05, 3.63) is 42.4 Å². The lowest BCUT2D eigenvalue weighted by Gasteiger charge is -2.40. The van der Waals surface area contributed by atoms with Gasteiger partial charge in [-0.1, -0.05) is 51.1 Å². The molecule has 34 heavy (non-hydrogen) atoms. The van der Waals surface area contributed by atoms with Crippen LogP contribution in [0.1, 0.15) is 45.5 Å². The fraction of sp³-hybridized carbons (Fsp3) is 0.615. The smallest absolute Gasteiger partial charge is 0.249 e. The van der Waals surface area contributed by atoms with E-state index in [-0.39, 0.29) is 25.6 Å². The number of hydrogen-bond acceptors (Lipinski definition) is 5. The average molecular weight is 475 g/mol. The number of nitrogens with zero attached hydrogens (tertiary/aromatic N) is 3. The lowest BCUT2D eigenvalue weighted by atomic mass is 9.84. The van der Waals surface area contributed by atoms with Gasteiger partial charge in [0.05, 0.1) is 18.3 Å². The molecule has 1 aromatic heterocycles. The maximum atomic E-state index is 14.6. The van der Waals surface area contributed by atoms with Crippen molar-refractivity contribution in [1.29, 1.82) is 0 Å². The third kappa shape index (κ3) is 6.64. The van der Waals surface area contributed by atoms with Crippen LogP contribution in [0.2, 0.25) is 0 Å². The largest absolute Gasteiger partial charge is 0.381 e. The van der Waals surface area contributed by atoms with Crippen LogP contribution in [0.4, 0.5) is 4.39 Å². The summed E-state index contributed by atoms with van der Waals surface area (Å²) < 4.78 is 27.4. The first-order valence-corrected chi connectivity index (χ1v) is 12.1. The van der Waals surface area contributed by atoms with Crippen LogP contribution in [0.5, 0.6) is 0 Å². The van der Waals surface area contributed by atoms with Gasteiger partial charge in [0.25, 0.3) is 0 Å². The van der Waals surface area contributed by atoms with Crippen LogP contribution in [0.15, 0.2) is 36.5 Å². The number of hydrogen-bond donors (Lipinski definition) is 1. The van der Waals surface area contributed by atoms with Crippen molar-refractivity contribution >= 4 is 5.91 Å². The van der Waals surface area contributed by atoms with Crippen LogP contribution in [-0.4, -0.2) is 66.5 Å². The monoisotopic (exact) mass is 474 g/mol. The van der Waals surface area contributed by atoms with Gasteiger partial charge in [-0.05, 0) is 24.2 Å². The third-order valence-corrected chi connectivity index (χ3v) is 6.29. The molecular formula is C26H39FN4O3. The molecule has 0 saturated carbocycles. The summed E-state index contributed by atoms with van der Waals surface area (Å²) in [4.78, 5) is 19.8. The summed E-state index contributed by atoms with van der Waals surface area (Å²) in [6.07, 6.45) is 2.68. The number of carbonyl (C=O) groups is 1. The molecule has 0 bridgehead atoms. The zero-order chi connectivity index (χ0) is 24.7. The first-order valence-electron chi connectivity index (χ1n) is 12.1. The van der Waals surface area contributed by atoms with Gasteiger partial charge < -0.3 is 24.7 Å². The highest BCUT2D eigenvalue weighted by Crippen LogP contribution is 2.39. The number of ether oxygens (including phenoxy) is 2. The average Bonchev–Trinajstić information content (AvgIpc) is 3.22. The van der Waals surface area contributed by atoms with Gasteiger partial charge in [0.2, 0.25) is 5.91 Å². The molecule has 1 aromatic carbocycles. The van der Waals surface area contributed by atoms with Crippen molar-refractivity contribution in [2.45, 2.75) is 52.4 Å². The molecule has 2 heterocycles. The first-order chi connectivity index (χ1) is 16.2. The predicted molar refractivity (Wildman–Crippen MR) is 131 cm³/mol. The molecule has 8 heteroatoms. The Morgan fingerprint density at radius 1 is 1.29 bits per heavy atom. The Hall–Kier alpha value is -2.29. The number of nitrogens with two attached hydrogens (primary N) is 1. The Kier molecular flexibility index (Phi) is 9.22. The fourth-order valence-corrected chi connectivity index (χ4v) is 4.59. The quantitative estimate of drug-likeness (QED) is 0.566. The second-order valence-corrected chi connectivity index (χ2v) is 10.1. The maximum absolute atomic E-state index is 14.6. The zero-order valence-corrected chi connectivity index (χ0v) is 20.9. The van der Waals surface area contributed by atoms with Gasteiger partial charge in [0.1, 0.15) is 18.6 Å². The van der Waals surface area contributed by atoms with E-state index in [0.717, 1.165) is 49.7 Å². The van der Waals surface area contributed by atoms with Crippen LogP contribution in [-0.2, 0) is 20.8 Å². The van der Waals surface area contributed by atoms with Gasteiger partial charge in [-0.3, -0.25) is 4.79 Å². The molecule has 3 rings (SSSR count). The number of halogens is 1. The molecule has 0 spiro atoms. The van der Waals surface area contributed by atoms with Crippen LogP contribution < -0.4 is 5.73 Å². The zero-order valence-electron chi connectivity index (χ0n) is 20.9. The van der Waals surface area contributed by atoms with E-state index in [4.69, 9.17) is 20.2 Å². The van der Waals surface area contributed by atoms with Crippen LogP contribution in [0.3, 0.4) is 0 Å². The standard InChI is InChI=1S/C26H39FN4O3/c1-26(2,3)24(31(16-21(27)14-28)23(32)18-33-4)25-29-22(20-8-6-5-7-9-20)17-30(25)15-19-10-12-34-13-11-19/h5-9,17,19,21,24H,10-16,18,28H2,1-4H3/t21-,24-/m0/s1. The molecule has 1 aliphatic rings. The molecule has 1 aliphatic heterocycles. The Morgan fingerprint density at radius 3 is 2.56 bits per heavy atom. The van der Waals surface area contributed by atoms with E-state index in [1.807, 2.05) is 30.3 Å². The maximum Gasteiger partial charge on any atom is 0.249 e. The van der Waals surface area contributed by atoms with Crippen molar-refractivity contribution in [2.75, 3.05) is 40.0 Å². The van der Waals surface area contributed by atoms with Gasteiger partial charge in [0, 0.05) is 45.2 Å². The highest BCUT2D eigenvalue weighted by atomic mass is 19.1. The highest BCUT2D eigenvalue weighted by Gasteiger charge is 2.39. The number of carbonyl (C=O) groups excluding carboxylic acids is 1. The Bertz CT molecular complexity index is 907. The van der Waals surface area contributed by atoms with Gasteiger partial charge >= 0.3 is 0 Å². The lowest BCUT2D eigenvalue weighted by molar-refractivity contribution is -0.141. The fourth-order valence-electron chi connectivity index (χ4n) is 4.59. The number of alkyl halides is 1. The molecule has 188 valence electrons. The summed E-state index contributed by atoms with van der Waals surface area (Å²) in [6.45, 7) is 8.04. The minimum Gasteiger partial charge on any atom is -0.381 e. The Labute approximate surface area is 202 Å². The summed E-state index contributed by atoms with van der Waals surface area (Å²) in [6, 6.07) is 9.53. The van der Waals surface area contributed by atoms with Crippen molar-refractivity contribution in [1.82, 2.24) is 14.5 Å². The molecule has 1 fully saturated rings. The van der Waals surface area contributed by atoms with E-state index < -0.39 is 17.6 Å². The van der Waals surface area contributed by atoms with Gasteiger partial charge in [0.15, 0.2) is 0 Å². The van der Waals surface area contributed by atoms with E-state index in [2.05, 4.69) is 31.5 Å². The van der Waals surface area contributed by atoms with Crippen molar-refractivity contribution in [3.8, 4) is 11.3 Å². The normalized spacial score (nSPS) is 16.9. The second kappa shape index (κ2) is 11.9. The van der Waals surface area contributed by atoms with Gasteiger partial charge in [-0.25, -0.2) is 9.37 Å². The first kappa shape index (κ1) is 26.3. The molecular weight excluding hydrogens is 435 g/mol. The van der Waals surface area contributed by atoms with Crippen molar-refractivity contribution in [3.63, 3.8) is 0 Å². The van der Waals surface area contributed by atoms with Crippen molar-refractivity contribution in [2.24, 2.45) is 17.1 Å². The minimum absolute atomic E-state index is 0.106. The number of amides is 1. The van der Waals surface area contributed by atoms with E-state index in [1.165, 1.54) is 7.11 Å². The molecule has 2 N–H and O–H groups in total. The van der Waals surface area contributed by atoms with E-state index in [1.54, 1.807) is 4.90 Å². The van der Waals surface area contributed by atoms with Gasteiger partial charge in [-0.2, -0.15) is 0 Å². The van der Waals surface area contributed by atoms with Crippen LogP contribution >= 0.6 is 0 Å². The molecule has 7 nitrogen and oxygen atoms in total. The number of rotatable bonds is 10. The molecule has 2 aromatic rings. The predicted octanol–water partition coefficient (Wildman–Crippen LogP) is 3.84. The van der Waals surface area contributed by atoms with E-state index in [9.17, 15) is 9.18 Å². The summed E-state index contributed by atoms with van der Waals surface area (Å²) in [5.41, 5.74) is 7.03. The number of imidazole rings is 1. The summed E-state index contributed by atoms with van der Waals surface area (Å²) in [5.74, 6) is 0.930.